The summed E-state index contributed by atoms with van der Waals surface area (Å²) in [5.41, 5.74) is 6.37. The molecule has 144 valence electrons. The van der Waals surface area contributed by atoms with Crippen LogP contribution in [0.1, 0.15) is 31.2 Å². The average molecular weight is 394 g/mol. The Morgan fingerprint density at radius 3 is 2.79 bits per heavy atom. The van der Waals surface area contributed by atoms with E-state index in [9.17, 15) is 4.39 Å². The van der Waals surface area contributed by atoms with Gasteiger partial charge >= 0.3 is 0 Å². The van der Waals surface area contributed by atoms with Crippen LogP contribution in [0.3, 0.4) is 0 Å². The molecule has 1 aromatic carbocycles. The molecule has 1 fully saturated rings. The topological polar surface area (TPSA) is 39.9 Å². The highest BCUT2D eigenvalue weighted by Gasteiger charge is 2.21. The third-order valence-electron chi connectivity index (χ3n) is 4.76. The van der Waals surface area contributed by atoms with Crippen LogP contribution in [0, 0.1) is 17.4 Å². The van der Waals surface area contributed by atoms with Crippen molar-refractivity contribution in [1.29, 1.82) is 0 Å². The predicted molar refractivity (Wildman–Crippen MR) is 112 cm³/mol. The molecule has 0 spiro atoms. The number of aromatic nitrogens is 3. The quantitative estimate of drug-likeness (QED) is 0.343. The summed E-state index contributed by atoms with van der Waals surface area (Å²) in [4.78, 5) is 3.78. The number of hydrogen-bond acceptors (Lipinski definition) is 3. The van der Waals surface area contributed by atoms with E-state index in [0.29, 0.717) is 5.56 Å². The van der Waals surface area contributed by atoms with Crippen molar-refractivity contribution < 1.29 is 9.13 Å². The smallest absolute Gasteiger partial charge is 0.220 e. The molecule has 6 heteroatoms. The molecule has 1 aliphatic rings. The van der Waals surface area contributed by atoms with Gasteiger partial charge in [-0.2, -0.15) is 9.49 Å². The fourth-order valence-corrected chi connectivity index (χ4v) is 3.88. The molecule has 0 radical (unpaired) electrons. The molecule has 0 aliphatic carbocycles. The van der Waals surface area contributed by atoms with Gasteiger partial charge in [0, 0.05) is 23.8 Å². The first-order chi connectivity index (χ1) is 13.4. The molecule has 1 aliphatic heterocycles. The number of fused-ring (bicyclic) bond motifs is 1. The SMILES string of the molecule is C[Si](C)(C)C#Cc1nn(C2CCCCO2)c2ccc(-c3cccnc3F)cc12. The van der Waals surface area contributed by atoms with Gasteiger partial charge in [0.15, 0.2) is 6.23 Å². The number of benzene rings is 1. The highest BCUT2D eigenvalue weighted by atomic mass is 28.3. The van der Waals surface area contributed by atoms with Gasteiger partial charge in [-0.05, 0) is 49.1 Å². The first-order valence-corrected chi connectivity index (χ1v) is 13.2. The molecular weight excluding hydrogens is 369 g/mol. The van der Waals surface area contributed by atoms with E-state index >= 15 is 0 Å². The minimum Gasteiger partial charge on any atom is -0.356 e. The number of halogens is 1. The van der Waals surface area contributed by atoms with Crippen LogP contribution in [0.2, 0.25) is 19.6 Å². The van der Waals surface area contributed by atoms with Crippen LogP contribution in [-0.2, 0) is 4.74 Å². The van der Waals surface area contributed by atoms with Gasteiger partial charge in [-0.3, -0.25) is 0 Å². The van der Waals surface area contributed by atoms with Gasteiger partial charge in [0.2, 0.25) is 5.95 Å². The highest BCUT2D eigenvalue weighted by Crippen LogP contribution is 2.31. The van der Waals surface area contributed by atoms with E-state index in [4.69, 9.17) is 9.84 Å². The molecule has 1 atom stereocenters. The molecule has 0 N–H and O–H groups in total. The van der Waals surface area contributed by atoms with Gasteiger partial charge in [-0.1, -0.05) is 31.6 Å². The van der Waals surface area contributed by atoms with Crippen molar-refractivity contribution in [3.05, 3.63) is 48.2 Å². The third kappa shape index (κ3) is 3.86. The van der Waals surface area contributed by atoms with Crippen molar-refractivity contribution in [2.24, 2.45) is 0 Å². The first-order valence-electron chi connectivity index (χ1n) is 9.70. The molecule has 4 nitrogen and oxygen atoms in total. The van der Waals surface area contributed by atoms with E-state index in [1.54, 1.807) is 12.1 Å². The number of pyridine rings is 1. The lowest BCUT2D eigenvalue weighted by Crippen LogP contribution is -2.19. The lowest BCUT2D eigenvalue weighted by molar-refractivity contribution is -0.0367. The second kappa shape index (κ2) is 7.49. The Kier molecular flexibility index (Phi) is 5.05. The van der Waals surface area contributed by atoms with Gasteiger partial charge in [0.25, 0.3) is 0 Å². The Labute approximate surface area is 165 Å². The lowest BCUT2D eigenvalue weighted by atomic mass is 10.0. The van der Waals surface area contributed by atoms with Gasteiger partial charge in [0.1, 0.15) is 13.8 Å². The van der Waals surface area contributed by atoms with E-state index in [1.165, 1.54) is 6.20 Å². The highest BCUT2D eigenvalue weighted by molar-refractivity contribution is 6.83. The van der Waals surface area contributed by atoms with E-state index in [2.05, 4.69) is 36.1 Å². The Balaban J connectivity index is 1.88. The van der Waals surface area contributed by atoms with Crippen molar-refractivity contribution in [3.8, 4) is 22.6 Å². The molecule has 3 aromatic rings. The molecule has 0 saturated carbocycles. The number of nitrogens with zero attached hydrogens (tertiary/aromatic N) is 3. The minimum absolute atomic E-state index is 0.0698. The molecule has 1 unspecified atom stereocenters. The van der Waals surface area contributed by atoms with Gasteiger partial charge in [-0.15, -0.1) is 5.54 Å². The summed E-state index contributed by atoms with van der Waals surface area (Å²) in [5, 5.41) is 5.74. The normalized spacial score (nSPS) is 17.4. The summed E-state index contributed by atoms with van der Waals surface area (Å²) in [6.07, 6.45) is 4.54. The fraction of sp³-hybridized carbons (Fsp3) is 0.364. The van der Waals surface area contributed by atoms with Crippen LogP contribution in [0.15, 0.2) is 36.5 Å². The molecule has 1 saturated heterocycles. The largest absolute Gasteiger partial charge is 0.356 e. The van der Waals surface area contributed by atoms with Gasteiger partial charge in [-0.25, -0.2) is 9.67 Å². The molecular formula is C22H24FN3OSi. The maximum Gasteiger partial charge on any atom is 0.220 e. The summed E-state index contributed by atoms with van der Waals surface area (Å²) in [7, 11) is -1.56. The molecule has 0 amide bonds. The summed E-state index contributed by atoms with van der Waals surface area (Å²) >= 11 is 0. The summed E-state index contributed by atoms with van der Waals surface area (Å²) < 4.78 is 22.1. The molecule has 28 heavy (non-hydrogen) atoms. The van der Waals surface area contributed by atoms with Crippen LogP contribution in [0.5, 0.6) is 0 Å². The molecule has 2 aromatic heterocycles. The van der Waals surface area contributed by atoms with E-state index in [0.717, 1.165) is 48.0 Å². The van der Waals surface area contributed by atoms with Gasteiger partial charge in [0.05, 0.1) is 5.52 Å². The Morgan fingerprint density at radius 1 is 1.21 bits per heavy atom. The zero-order valence-corrected chi connectivity index (χ0v) is 17.5. The number of rotatable bonds is 2. The van der Waals surface area contributed by atoms with E-state index in [1.807, 2.05) is 22.9 Å². The second-order valence-electron chi connectivity index (χ2n) is 8.19. The predicted octanol–water partition coefficient (Wildman–Crippen LogP) is 5.17. The zero-order valence-electron chi connectivity index (χ0n) is 16.5. The molecule has 3 heterocycles. The van der Waals surface area contributed by atoms with E-state index in [-0.39, 0.29) is 6.23 Å². The lowest BCUT2D eigenvalue weighted by Gasteiger charge is -2.23. The van der Waals surface area contributed by atoms with Crippen molar-refractivity contribution >= 4 is 19.0 Å². The monoisotopic (exact) mass is 393 g/mol. The minimum atomic E-state index is -1.56. The Hall–Kier alpha value is -2.49. The first kappa shape index (κ1) is 18.9. The van der Waals surface area contributed by atoms with Gasteiger partial charge < -0.3 is 4.74 Å². The fourth-order valence-electron chi connectivity index (χ4n) is 3.39. The molecule has 0 bridgehead atoms. The van der Waals surface area contributed by atoms with Crippen LogP contribution in [-0.4, -0.2) is 29.4 Å². The van der Waals surface area contributed by atoms with Crippen LogP contribution in [0.25, 0.3) is 22.0 Å². The van der Waals surface area contributed by atoms with E-state index < -0.39 is 14.0 Å². The van der Waals surface area contributed by atoms with Crippen molar-refractivity contribution in [3.63, 3.8) is 0 Å². The zero-order chi connectivity index (χ0) is 19.7. The molecule has 4 rings (SSSR count). The maximum absolute atomic E-state index is 14.2. The Morgan fingerprint density at radius 2 is 2.07 bits per heavy atom. The summed E-state index contributed by atoms with van der Waals surface area (Å²) in [5.74, 6) is 2.82. The maximum atomic E-state index is 14.2. The number of ether oxygens (including phenoxy) is 1. The average Bonchev–Trinajstić information content (AvgIpc) is 3.05. The van der Waals surface area contributed by atoms with Crippen LogP contribution < -0.4 is 0 Å². The van der Waals surface area contributed by atoms with Crippen molar-refractivity contribution in [2.45, 2.75) is 45.1 Å². The summed E-state index contributed by atoms with van der Waals surface area (Å²) in [6, 6.07) is 9.36. The van der Waals surface area contributed by atoms with Crippen LogP contribution >= 0.6 is 0 Å². The standard InChI is InChI=1S/C22H24FN3OSi/c1-28(2,3)14-11-19-18-15-16(17-7-6-12-24-22(17)23)9-10-20(18)26(25-19)21-8-4-5-13-27-21/h6-7,9-10,12,15,21H,4-5,8,13H2,1-3H3. The second-order valence-corrected chi connectivity index (χ2v) is 12.9. The van der Waals surface area contributed by atoms with Crippen molar-refractivity contribution in [2.75, 3.05) is 6.61 Å². The number of hydrogen-bond donors (Lipinski definition) is 0. The third-order valence-corrected chi connectivity index (χ3v) is 5.64. The summed E-state index contributed by atoms with van der Waals surface area (Å²) in [6.45, 7) is 7.38. The Bertz CT molecular complexity index is 1070. The van der Waals surface area contributed by atoms with Crippen LogP contribution in [0.4, 0.5) is 4.39 Å². The van der Waals surface area contributed by atoms with Crippen molar-refractivity contribution in [1.82, 2.24) is 14.8 Å².